The van der Waals surface area contributed by atoms with E-state index in [0.29, 0.717) is 12.0 Å². The molecule has 21 heavy (non-hydrogen) atoms. The van der Waals surface area contributed by atoms with Gasteiger partial charge in [-0.2, -0.15) is 0 Å². The third kappa shape index (κ3) is 5.72. The number of methoxy groups -OCH3 is 1. The number of aryl methyl sites for hydroxylation is 1. The highest BCUT2D eigenvalue weighted by atomic mass is 16.6. The summed E-state index contributed by atoms with van der Waals surface area (Å²) in [6.07, 6.45) is 1.35. The SMILES string of the molecule is COC(=O)[C@H](CCc1c[nH][nH]c1=O)NC(=O)OC(C)(C)C. The molecular weight excluding hydrogens is 278 g/mol. The molecular formula is C13H21N3O5. The van der Waals surface area contributed by atoms with Gasteiger partial charge in [-0.1, -0.05) is 0 Å². The molecule has 0 radical (unpaired) electrons. The minimum absolute atomic E-state index is 0.229. The number of rotatable bonds is 5. The van der Waals surface area contributed by atoms with Gasteiger partial charge >= 0.3 is 12.1 Å². The minimum Gasteiger partial charge on any atom is -0.467 e. The van der Waals surface area contributed by atoms with Crippen molar-refractivity contribution in [3.63, 3.8) is 0 Å². The molecule has 0 aliphatic heterocycles. The van der Waals surface area contributed by atoms with Gasteiger partial charge in [0.1, 0.15) is 11.6 Å². The van der Waals surface area contributed by atoms with Crippen LogP contribution in [0.25, 0.3) is 0 Å². The lowest BCUT2D eigenvalue weighted by molar-refractivity contribution is -0.143. The topological polar surface area (TPSA) is 113 Å². The van der Waals surface area contributed by atoms with Crippen LogP contribution >= 0.6 is 0 Å². The maximum atomic E-state index is 11.7. The minimum atomic E-state index is -0.876. The predicted molar refractivity (Wildman–Crippen MR) is 74.9 cm³/mol. The number of ether oxygens (including phenoxy) is 2. The van der Waals surface area contributed by atoms with Crippen molar-refractivity contribution in [2.75, 3.05) is 7.11 Å². The molecule has 118 valence electrons. The molecule has 0 spiro atoms. The Morgan fingerprint density at radius 2 is 2.05 bits per heavy atom. The third-order valence-corrected chi connectivity index (χ3v) is 2.60. The maximum absolute atomic E-state index is 11.7. The standard InChI is InChI=1S/C13H21N3O5/c1-13(2,3)21-12(19)15-9(11(18)20-4)6-5-8-7-14-16-10(8)17/h7,9H,5-6H2,1-4H3,(H,15,19)(H2,14,16,17)/t9-/m0/s1. The molecule has 1 aromatic rings. The monoisotopic (exact) mass is 299 g/mol. The van der Waals surface area contributed by atoms with E-state index >= 15 is 0 Å². The highest BCUT2D eigenvalue weighted by Gasteiger charge is 2.25. The summed E-state index contributed by atoms with van der Waals surface area (Å²) in [6, 6.07) is -0.876. The quantitative estimate of drug-likeness (QED) is 0.693. The van der Waals surface area contributed by atoms with E-state index in [2.05, 4.69) is 20.3 Å². The van der Waals surface area contributed by atoms with E-state index in [4.69, 9.17) is 4.74 Å². The molecule has 0 fully saturated rings. The van der Waals surface area contributed by atoms with Crippen LogP contribution in [0.2, 0.25) is 0 Å². The van der Waals surface area contributed by atoms with Crippen molar-refractivity contribution in [3.8, 4) is 0 Å². The van der Waals surface area contributed by atoms with E-state index in [1.165, 1.54) is 13.3 Å². The Bertz CT molecular complexity index is 540. The second-order valence-corrected chi connectivity index (χ2v) is 5.53. The number of alkyl carbamates (subject to hydrolysis) is 1. The lowest BCUT2D eigenvalue weighted by Crippen LogP contribution is -2.44. The zero-order valence-electron chi connectivity index (χ0n) is 12.6. The second-order valence-electron chi connectivity index (χ2n) is 5.53. The molecule has 0 saturated heterocycles. The molecule has 0 unspecified atom stereocenters. The molecule has 1 rings (SSSR count). The molecule has 8 heteroatoms. The fourth-order valence-electron chi connectivity index (χ4n) is 1.66. The summed E-state index contributed by atoms with van der Waals surface area (Å²) in [5.41, 5.74) is -0.423. The highest BCUT2D eigenvalue weighted by molar-refractivity contribution is 5.81. The molecule has 0 aliphatic rings. The summed E-state index contributed by atoms with van der Waals surface area (Å²) in [5, 5.41) is 7.42. The Morgan fingerprint density at radius 1 is 1.38 bits per heavy atom. The number of amides is 1. The summed E-state index contributed by atoms with van der Waals surface area (Å²) in [6.45, 7) is 5.16. The summed E-state index contributed by atoms with van der Waals surface area (Å²) in [4.78, 5) is 34.7. The van der Waals surface area contributed by atoms with Crippen LogP contribution in [0, 0.1) is 0 Å². The van der Waals surface area contributed by atoms with E-state index in [1.807, 2.05) is 0 Å². The molecule has 0 bridgehead atoms. The number of esters is 1. The van der Waals surface area contributed by atoms with E-state index in [1.54, 1.807) is 20.8 Å². The average molecular weight is 299 g/mol. The van der Waals surface area contributed by atoms with Crippen LogP contribution in [0.4, 0.5) is 4.79 Å². The van der Waals surface area contributed by atoms with Gasteiger partial charge in [-0.3, -0.25) is 9.89 Å². The Labute approximate surface area is 122 Å². The van der Waals surface area contributed by atoms with Crippen LogP contribution in [0.15, 0.2) is 11.0 Å². The summed E-state index contributed by atoms with van der Waals surface area (Å²) < 4.78 is 9.73. The zero-order valence-corrected chi connectivity index (χ0v) is 12.6. The normalized spacial score (nSPS) is 12.6. The Hall–Kier alpha value is -2.25. The average Bonchev–Trinajstić information content (AvgIpc) is 2.77. The largest absolute Gasteiger partial charge is 0.467 e. The van der Waals surface area contributed by atoms with Crippen molar-refractivity contribution in [1.29, 1.82) is 0 Å². The summed E-state index contributed by atoms with van der Waals surface area (Å²) in [5.74, 6) is -0.590. The maximum Gasteiger partial charge on any atom is 0.408 e. The molecule has 0 aliphatic carbocycles. The van der Waals surface area contributed by atoms with Gasteiger partial charge in [0.15, 0.2) is 0 Å². The van der Waals surface area contributed by atoms with E-state index < -0.39 is 23.7 Å². The third-order valence-electron chi connectivity index (χ3n) is 2.60. The zero-order chi connectivity index (χ0) is 16.0. The van der Waals surface area contributed by atoms with Crippen LogP contribution in [0.1, 0.15) is 32.8 Å². The molecule has 8 nitrogen and oxygen atoms in total. The number of carbonyl (C=O) groups is 2. The van der Waals surface area contributed by atoms with Crippen molar-refractivity contribution in [2.45, 2.75) is 45.3 Å². The van der Waals surface area contributed by atoms with Gasteiger partial charge in [-0.15, -0.1) is 0 Å². The second kappa shape index (κ2) is 6.96. The number of carbonyl (C=O) groups excluding carboxylic acids is 2. The number of aromatic amines is 2. The first-order chi connectivity index (χ1) is 9.73. The van der Waals surface area contributed by atoms with Gasteiger partial charge in [0, 0.05) is 11.8 Å². The number of nitrogens with one attached hydrogen (secondary N) is 3. The van der Waals surface area contributed by atoms with Gasteiger partial charge < -0.3 is 19.9 Å². The summed E-state index contributed by atoms with van der Waals surface area (Å²) in [7, 11) is 1.23. The Balaban J connectivity index is 2.64. The summed E-state index contributed by atoms with van der Waals surface area (Å²) >= 11 is 0. The fourth-order valence-corrected chi connectivity index (χ4v) is 1.66. The molecule has 0 saturated carbocycles. The van der Waals surface area contributed by atoms with Crippen molar-refractivity contribution < 1.29 is 19.1 Å². The highest BCUT2D eigenvalue weighted by Crippen LogP contribution is 2.08. The molecule has 3 N–H and O–H groups in total. The Kier molecular flexibility index (Phi) is 5.57. The predicted octanol–water partition coefficient (Wildman–Crippen LogP) is 0.702. The van der Waals surface area contributed by atoms with Crippen molar-refractivity contribution >= 4 is 12.1 Å². The van der Waals surface area contributed by atoms with Gasteiger partial charge in [0.05, 0.1) is 7.11 Å². The molecule has 0 aromatic carbocycles. The van der Waals surface area contributed by atoms with Crippen LogP contribution in [0.5, 0.6) is 0 Å². The van der Waals surface area contributed by atoms with Crippen LogP contribution in [-0.2, 0) is 20.7 Å². The van der Waals surface area contributed by atoms with Gasteiger partial charge in [-0.05, 0) is 33.6 Å². The number of hydrogen-bond acceptors (Lipinski definition) is 5. The molecule has 1 amide bonds. The smallest absolute Gasteiger partial charge is 0.408 e. The van der Waals surface area contributed by atoms with Crippen LogP contribution in [-0.4, -0.2) is 41.0 Å². The molecule has 1 aromatic heterocycles. The lowest BCUT2D eigenvalue weighted by Gasteiger charge is -2.22. The van der Waals surface area contributed by atoms with Crippen LogP contribution in [0.3, 0.4) is 0 Å². The van der Waals surface area contributed by atoms with E-state index in [0.717, 1.165) is 0 Å². The number of H-pyrrole nitrogens is 2. The lowest BCUT2D eigenvalue weighted by atomic mass is 10.1. The molecule has 1 heterocycles. The first kappa shape index (κ1) is 16.8. The number of hydrogen-bond donors (Lipinski definition) is 3. The van der Waals surface area contributed by atoms with Crippen molar-refractivity contribution in [3.05, 3.63) is 22.1 Å². The van der Waals surface area contributed by atoms with Gasteiger partial charge in [0.25, 0.3) is 5.56 Å². The first-order valence-electron chi connectivity index (χ1n) is 6.55. The first-order valence-corrected chi connectivity index (χ1v) is 6.55. The van der Waals surface area contributed by atoms with Crippen molar-refractivity contribution in [1.82, 2.24) is 15.5 Å². The van der Waals surface area contributed by atoms with E-state index in [-0.39, 0.29) is 12.0 Å². The van der Waals surface area contributed by atoms with Gasteiger partial charge in [-0.25, -0.2) is 9.59 Å². The fraction of sp³-hybridized carbons (Fsp3) is 0.615. The number of aromatic nitrogens is 2. The van der Waals surface area contributed by atoms with Crippen molar-refractivity contribution in [2.24, 2.45) is 0 Å². The van der Waals surface area contributed by atoms with E-state index in [9.17, 15) is 14.4 Å². The van der Waals surface area contributed by atoms with Gasteiger partial charge in [0.2, 0.25) is 0 Å². The molecule has 1 atom stereocenters. The van der Waals surface area contributed by atoms with Crippen LogP contribution < -0.4 is 10.9 Å². The Morgan fingerprint density at radius 3 is 2.52 bits per heavy atom.